The van der Waals surface area contributed by atoms with Crippen LogP contribution < -0.4 is 0 Å². The summed E-state index contributed by atoms with van der Waals surface area (Å²) in [6.45, 7) is 4.51. The fourth-order valence-electron chi connectivity index (χ4n) is 3.10. The van der Waals surface area contributed by atoms with Gasteiger partial charge < -0.3 is 4.90 Å². The second kappa shape index (κ2) is 15.4. The minimum absolute atomic E-state index is 0.271. The van der Waals surface area contributed by atoms with Crippen LogP contribution in [0.5, 0.6) is 0 Å². The lowest BCUT2D eigenvalue weighted by Gasteiger charge is -2.20. The van der Waals surface area contributed by atoms with Gasteiger partial charge in [-0.05, 0) is 12.8 Å². The molecule has 0 unspecified atom stereocenters. The van der Waals surface area contributed by atoms with Gasteiger partial charge in [-0.3, -0.25) is 4.79 Å². The van der Waals surface area contributed by atoms with Crippen molar-refractivity contribution < 1.29 is 4.79 Å². The lowest BCUT2D eigenvalue weighted by Crippen LogP contribution is -2.29. The summed E-state index contributed by atoms with van der Waals surface area (Å²) in [7, 11) is 3.80. The first-order valence-corrected chi connectivity index (χ1v) is 9.84. The zero-order chi connectivity index (χ0) is 16.6. The summed E-state index contributed by atoms with van der Waals surface area (Å²) in [6.07, 6.45) is 18.0. The van der Waals surface area contributed by atoms with E-state index in [-0.39, 0.29) is 5.92 Å². The average molecular weight is 312 g/mol. The van der Waals surface area contributed by atoms with Crippen LogP contribution in [0.25, 0.3) is 0 Å². The van der Waals surface area contributed by atoms with E-state index in [1.54, 1.807) is 4.90 Å². The number of carbonyl (C=O) groups excluding carboxylic acids is 1. The van der Waals surface area contributed by atoms with E-state index in [1.165, 1.54) is 77.0 Å². The van der Waals surface area contributed by atoms with E-state index >= 15 is 0 Å². The van der Waals surface area contributed by atoms with Crippen LogP contribution in [0.2, 0.25) is 0 Å². The van der Waals surface area contributed by atoms with Crippen LogP contribution in [0.15, 0.2) is 0 Å². The van der Waals surface area contributed by atoms with Crippen molar-refractivity contribution in [3.63, 3.8) is 0 Å². The lowest BCUT2D eigenvalue weighted by molar-refractivity contribution is -0.133. The first-order valence-electron chi connectivity index (χ1n) is 9.84. The van der Waals surface area contributed by atoms with E-state index in [2.05, 4.69) is 13.8 Å². The molecule has 0 radical (unpaired) electrons. The molecule has 0 aliphatic carbocycles. The fourth-order valence-corrected chi connectivity index (χ4v) is 3.10. The molecule has 0 bridgehead atoms. The van der Waals surface area contributed by atoms with E-state index in [0.29, 0.717) is 5.91 Å². The SMILES string of the molecule is CCCCCCCCC(CCCCCCCC)C(=O)N(C)C. The number of rotatable bonds is 15. The van der Waals surface area contributed by atoms with Crippen LogP contribution in [0.4, 0.5) is 0 Å². The van der Waals surface area contributed by atoms with Crippen molar-refractivity contribution in [1.82, 2.24) is 4.90 Å². The van der Waals surface area contributed by atoms with Gasteiger partial charge in [0.25, 0.3) is 0 Å². The highest BCUT2D eigenvalue weighted by Crippen LogP contribution is 2.20. The lowest BCUT2D eigenvalue weighted by atomic mass is 9.93. The van der Waals surface area contributed by atoms with Gasteiger partial charge >= 0.3 is 0 Å². The monoisotopic (exact) mass is 311 g/mol. The molecular weight excluding hydrogens is 270 g/mol. The molecule has 0 spiro atoms. The van der Waals surface area contributed by atoms with E-state index in [1.807, 2.05) is 14.1 Å². The molecule has 0 atom stereocenters. The number of amides is 1. The molecule has 2 heteroatoms. The Morgan fingerprint density at radius 1 is 0.682 bits per heavy atom. The molecule has 0 aromatic heterocycles. The maximum atomic E-state index is 12.3. The molecule has 132 valence electrons. The second-order valence-electron chi connectivity index (χ2n) is 7.04. The van der Waals surface area contributed by atoms with E-state index < -0.39 is 0 Å². The fraction of sp³-hybridized carbons (Fsp3) is 0.950. The number of carbonyl (C=O) groups is 1. The predicted molar refractivity (Wildman–Crippen MR) is 98.2 cm³/mol. The summed E-state index contributed by atoms with van der Waals surface area (Å²) >= 11 is 0. The summed E-state index contributed by atoms with van der Waals surface area (Å²) in [5.41, 5.74) is 0. The molecule has 0 aliphatic rings. The normalized spacial score (nSPS) is 11.1. The number of hydrogen-bond acceptors (Lipinski definition) is 1. The van der Waals surface area contributed by atoms with Crippen molar-refractivity contribution in [2.24, 2.45) is 5.92 Å². The first kappa shape index (κ1) is 21.5. The quantitative estimate of drug-likeness (QED) is 0.330. The van der Waals surface area contributed by atoms with Crippen LogP contribution in [0.1, 0.15) is 104 Å². The molecule has 1 amide bonds. The Kier molecular flexibility index (Phi) is 15.0. The van der Waals surface area contributed by atoms with E-state index in [4.69, 9.17) is 0 Å². The molecule has 0 heterocycles. The van der Waals surface area contributed by atoms with Crippen LogP contribution >= 0.6 is 0 Å². The molecule has 0 rings (SSSR count). The standard InChI is InChI=1S/C20H41NO/c1-5-7-9-11-13-15-17-19(20(22)21(3)4)18-16-14-12-10-8-6-2/h19H,5-18H2,1-4H3. The van der Waals surface area contributed by atoms with Crippen LogP contribution in [0, 0.1) is 5.92 Å². The van der Waals surface area contributed by atoms with E-state index in [9.17, 15) is 4.79 Å². The third-order valence-corrected chi connectivity index (χ3v) is 4.60. The number of hydrogen-bond donors (Lipinski definition) is 0. The molecule has 0 aromatic carbocycles. The van der Waals surface area contributed by atoms with Gasteiger partial charge in [-0.25, -0.2) is 0 Å². The summed E-state index contributed by atoms with van der Waals surface area (Å²) in [4.78, 5) is 14.1. The first-order chi connectivity index (χ1) is 10.6. The van der Waals surface area contributed by atoms with Crippen LogP contribution in [-0.4, -0.2) is 24.9 Å². The largest absolute Gasteiger partial charge is 0.349 e. The third-order valence-electron chi connectivity index (χ3n) is 4.60. The highest BCUT2D eigenvalue weighted by atomic mass is 16.2. The van der Waals surface area contributed by atoms with Gasteiger partial charge in [-0.1, -0.05) is 90.9 Å². The molecule has 0 aliphatic heterocycles. The second-order valence-corrected chi connectivity index (χ2v) is 7.04. The Morgan fingerprint density at radius 2 is 1.05 bits per heavy atom. The highest BCUT2D eigenvalue weighted by Gasteiger charge is 2.19. The topological polar surface area (TPSA) is 20.3 Å². The molecule has 0 saturated heterocycles. The van der Waals surface area contributed by atoms with Gasteiger partial charge in [0.1, 0.15) is 0 Å². The van der Waals surface area contributed by atoms with Crippen LogP contribution in [-0.2, 0) is 4.79 Å². The summed E-state index contributed by atoms with van der Waals surface area (Å²) in [6, 6.07) is 0. The van der Waals surface area contributed by atoms with Gasteiger partial charge in [0, 0.05) is 20.0 Å². The van der Waals surface area contributed by atoms with E-state index in [0.717, 1.165) is 12.8 Å². The molecule has 0 fully saturated rings. The zero-order valence-electron chi connectivity index (χ0n) is 15.8. The number of unbranched alkanes of at least 4 members (excludes halogenated alkanes) is 10. The van der Waals surface area contributed by atoms with Crippen molar-refractivity contribution in [2.45, 2.75) is 104 Å². The average Bonchev–Trinajstić information content (AvgIpc) is 2.51. The van der Waals surface area contributed by atoms with Crippen molar-refractivity contribution in [3.05, 3.63) is 0 Å². The summed E-state index contributed by atoms with van der Waals surface area (Å²) < 4.78 is 0. The van der Waals surface area contributed by atoms with Gasteiger partial charge in [0.2, 0.25) is 5.91 Å². The zero-order valence-corrected chi connectivity index (χ0v) is 15.8. The molecular formula is C20H41NO. The number of nitrogens with zero attached hydrogens (tertiary/aromatic N) is 1. The smallest absolute Gasteiger partial charge is 0.225 e. The minimum Gasteiger partial charge on any atom is -0.349 e. The van der Waals surface area contributed by atoms with Crippen molar-refractivity contribution in [2.75, 3.05) is 14.1 Å². The van der Waals surface area contributed by atoms with Crippen molar-refractivity contribution >= 4 is 5.91 Å². The Labute approximate surface area is 140 Å². The molecule has 0 aromatic rings. The Bertz CT molecular complexity index is 234. The molecule has 2 nitrogen and oxygen atoms in total. The van der Waals surface area contributed by atoms with Crippen LogP contribution in [0.3, 0.4) is 0 Å². The third kappa shape index (κ3) is 12.1. The molecule has 0 saturated carbocycles. The van der Waals surface area contributed by atoms with Gasteiger partial charge in [0.15, 0.2) is 0 Å². The Balaban J connectivity index is 3.88. The van der Waals surface area contributed by atoms with Gasteiger partial charge in [-0.2, -0.15) is 0 Å². The summed E-state index contributed by atoms with van der Waals surface area (Å²) in [5.74, 6) is 0.620. The van der Waals surface area contributed by atoms with Gasteiger partial charge in [0.05, 0.1) is 0 Å². The minimum atomic E-state index is 0.271. The van der Waals surface area contributed by atoms with Crippen molar-refractivity contribution in [3.8, 4) is 0 Å². The van der Waals surface area contributed by atoms with Gasteiger partial charge in [-0.15, -0.1) is 0 Å². The molecule has 0 N–H and O–H groups in total. The van der Waals surface area contributed by atoms with Crippen molar-refractivity contribution in [1.29, 1.82) is 0 Å². The maximum Gasteiger partial charge on any atom is 0.225 e. The summed E-state index contributed by atoms with van der Waals surface area (Å²) in [5, 5.41) is 0. The maximum absolute atomic E-state index is 12.3. The highest BCUT2D eigenvalue weighted by molar-refractivity contribution is 5.78. The Morgan fingerprint density at radius 3 is 1.41 bits per heavy atom. The Hall–Kier alpha value is -0.530. The predicted octanol–water partition coefficient (Wildman–Crippen LogP) is 6.19. The molecule has 22 heavy (non-hydrogen) atoms.